The van der Waals surface area contributed by atoms with Gasteiger partial charge in [-0.25, -0.2) is 8.42 Å². The van der Waals surface area contributed by atoms with Crippen LogP contribution in [-0.4, -0.2) is 8.42 Å². The normalized spacial score (nSPS) is 11.2. The first-order valence-corrected chi connectivity index (χ1v) is 7.18. The summed E-state index contributed by atoms with van der Waals surface area (Å²) in [6, 6.07) is 13.6. The molecule has 0 aliphatic heterocycles. The van der Waals surface area contributed by atoms with E-state index in [-0.39, 0.29) is 20.6 Å². The van der Waals surface area contributed by atoms with Crippen molar-refractivity contribution in [3.8, 4) is 0 Å². The van der Waals surface area contributed by atoms with Gasteiger partial charge in [0.05, 0.1) is 20.6 Å². The minimum Gasteiger partial charge on any atom is -0.278 e. The zero-order valence-electron chi connectivity index (χ0n) is 9.02. The van der Waals surface area contributed by atoms with Crippen molar-refractivity contribution < 1.29 is 8.42 Å². The second-order valence-electron chi connectivity index (χ2n) is 3.43. The Morgan fingerprint density at radius 3 is 2.50 bits per heavy atom. The van der Waals surface area contributed by atoms with Crippen molar-refractivity contribution in [3.63, 3.8) is 0 Å². The molecule has 93 valence electrons. The molecule has 6 heteroatoms. The minimum absolute atomic E-state index is 0.0426. The molecule has 3 nitrogen and oxygen atoms in total. The number of rotatable bonds is 3. The van der Waals surface area contributed by atoms with Crippen LogP contribution < -0.4 is 4.72 Å². The van der Waals surface area contributed by atoms with Gasteiger partial charge < -0.3 is 0 Å². The van der Waals surface area contributed by atoms with E-state index >= 15 is 0 Å². The molecule has 0 bridgehead atoms. The molecular weight excluding hydrogens is 293 g/mol. The van der Waals surface area contributed by atoms with E-state index in [1.54, 1.807) is 24.3 Å². The molecule has 0 amide bonds. The Hall–Kier alpha value is -1.23. The average molecular weight is 301 g/mol. The number of nitrogens with one attached hydrogen (secondary N) is 1. The lowest BCUT2D eigenvalue weighted by Gasteiger charge is -2.09. The number of sulfonamides is 1. The lowest BCUT2D eigenvalue weighted by molar-refractivity contribution is 0.601. The first-order chi connectivity index (χ1) is 8.50. The lowest BCUT2D eigenvalue weighted by atomic mass is 10.3. The van der Waals surface area contributed by atoms with E-state index in [1.165, 1.54) is 18.2 Å². The summed E-state index contributed by atoms with van der Waals surface area (Å²) in [6.07, 6.45) is 0. The summed E-state index contributed by atoms with van der Waals surface area (Å²) < 4.78 is 26.4. The molecule has 0 aromatic heterocycles. The monoisotopic (exact) mass is 300 g/mol. The Labute approximate surface area is 115 Å². The Kier molecular flexibility index (Phi) is 3.80. The summed E-state index contributed by atoms with van der Waals surface area (Å²) in [7, 11) is -3.70. The fourth-order valence-corrected chi connectivity index (χ4v) is 2.78. The quantitative estimate of drug-likeness (QED) is 0.941. The van der Waals surface area contributed by atoms with E-state index in [4.69, 9.17) is 23.2 Å². The Bertz CT molecular complexity index is 657. The van der Waals surface area contributed by atoms with Crippen molar-refractivity contribution in [2.45, 2.75) is 4.90 Å². The van der Waals surface area contributed by atoms with Crippen LogP contribution >= 0.6 is 23.2 Å². The van der Waals surface area contributed by atoms with Crippen LogP contribution in [0.25, 0.3) is 0 Å². The molecule has 0 aliphatic carbocycles. The molecule has 0 saturated heterocycles. The SMILES string of the molecule is O=S(=O)(Nc1cccc(Cl)c1Cl)c1[c]cccc1. The molecular formula is C12H8Cl2NO2S. The molecule has 0 saturated carbocycles. The fraction of sp³-hybridized carbons (Fsp3) is 0. The van der Waals surface area contributed by atoms with Gasteiger partial charge in [-0.2, -0.15) is 0 Å². The van der Waals surface area contributed by atoms with E-state index in [0.29, 0.717) is 0 Å². The van der Waals surface area contributed by atoms with Crippen LogP contribution in [0.4, 0.5) is 5.69 Å². The van der Waals surface area contributed by atoms with Gasteiger partial charge in [0.25, 0.3) is 10.0 Å². The highest BCUT2D eigenvalue weighted by Gasteiger charge is 2.16. The summed E-state index contributed by atoms with van der Waals surface area (Å²) in [5, 5.41) is 0.451. The van der Waals surface area contributed by atoms with Crippen LogP contribution in [0.1, 0.15) is 0 Å². The van der Waals surface area contributed by atoms with Crippen LogP contribution in [0.5, 0.6) is 0 Å². The van der Waals surface area contributed by atoms with Gasteiger partial charge in [-0.1, -0.05) is 47.5 Å². The Balaban J connectivity index is 2.37. The molecule has 0 unspecified atom stereocenters. The van der Waals surface area contributed by atoms with Crippen molar-refractivity contribution in [2.75, 3.05) is 4.72 Å². The molecule has 18 heavy (non-hydrogen) atoms. The topological polar surface area (TPSA) is 46.2 Å². The van der Waals surface area contributed by atoms with Gasteiger partial charge in [0.2, 0.25) is 0 Å². The third-order valence-electron chi connectivity index (χ3n) is 2.17. The molecule has 0 aliphatic rings. The van der Waals surface area contributed by atoms with Crippen LogP contribution in [-0.2, 0) is 10.0 Å². The summed E-state index contributed by atoms with van der Waals surface area (Å²) in [5.74, 6) is 0. The second kappa shape index (κ2) is 5.18. The number of hydrogen-bond acceptors (Lipinski definition) is 2. The van der Waals surface area contributed by atoms with Crippen molar-refractivity contribution in [1.29, 1.82) is 0 Å². The molecule has 0 heterocycles. The zero-order chi connectivity index (χ0) is 13.2. The smallest absolute Gasteiger partial charge is 0.262 e. The molecule has 2 aromatic rings. The van der Waals surface area contributed by atoms with Crippen LogP contribution in [0.15, 0.2) is 47.4 Å². The predicted molar refractivity (Wildman–Crippen MR) is 72.5 cm³/mol. The van der Waals surface area contributed by atoms with Gasteiger partial charge in [0, 0.05) is 6.07 Å². The van der Waals surface area contributed by atoms with Crippen LogP contribution in [0, 0.1) is 6.07 Å². The van der Waals surface area contributed by atoms with Gasteiger partial charge in [0.15, 0.2) is 0 Å². The second-order valence-corrected chi connectivity index (χ2v) is 5.87. The van der Waals surface area contributed by atoms with Crippen LogP contribution in [0.3, 0.4) is 0 Å². The minimum atomic E-state index is -3.70. The van der Waals surface area contributed by atoms with Crippen molar-refractivity contribution in [1.82, 2.24) is 0 Å². The first-order valence-electron chi connectivity index (χ1n) is 4.94. The summed E-state index contributed by atoms with van der Waals surface area (Å²) in [4.78, 5) is 0.0426. The largest absolute Gasteiger partial charge is 0.278 e. The third-order valence-corrected chi connectivity index (χ3v) is 4.31. The fourth-order valence-electron chi connectivity index (χ4n) is 1.33. The van der Waals surface area contributed by atoms with Crippen molar-refractivity contribution >= 4 is 38.9 Å². The molecule has 0 atom stereocenters. The summed E-state index contributed by atoms with van der Waals surface area (Å²) in [6.45, 7) is 0. The molecule has 2 rings (SSSR count). The molecule has 1 N–H and O–H groups in total. The average Bonchev–Trinajstić information content (AvgIpc) is 2.36. The van der Waals surface area contributed by atoms with Crippen molar-refractivity contribution in [2.24, 2.45) is 0 Å². The van der Waals surface area contributed by atoms with Gasteiger partial charge in [-0.05, 0) is 18.2 Å². The number of anilines is 1. The zero-order valence-corrected chi connectivity index (χ0v) is 11.4. The number of benzene rings is 2. The highest BCUT2D eigenvalue weighted by molar-refractivity contribution is 7.92. The maximum absolute atomic E-state index is 12.0. The lowest BCUT2D eigenvalue weighted by Crippen LogP contribution is -2.13. The van der Waals surface area contributed by atoms with Gasteiger partial charge in [-0.3, -0.25) is 4.72 Å². The molecule has 0 fully saturated rings. The summed E-state index contributed by atoms with van der Waals surface area (Å²) in [5.41, 5.74) is 0.237. The molecule has 2 aromatic carbocycles. The van der Waals surface area contributed by atoms with Gasteiger partial charge in [0.1, 0.15) is 0 Å². The van der Waals surface area contributed by atoms with Crippen molar-refractivity contribution in [3.05, 3.63) is 58.6 Å². The maximum atomic E-state index is 12.0. The third kappa shape index (κ3) is 2.77. The van der Waals surface area contributed by atoms with E-state index in [0.717, 1.165) is 0 Å². The van der Waals surface area contributed by atoms with E-state index < -0.39 is 10.0 Å². The van der Waals surface area contributed by atoms with E-state index in [9.17, 15) is 8.42 Å². The van der Waals surface area contributed by atoms with E-state index in [2.05, 4.69) is 10.8 Å². The Morgan fingerprint density at radius 2 is 1.83 bits per heavy atom. The maximum Gasteiger partial charge on any atom is 0.262 e. The van der Waals surface area contributed by atoms with Gasteiger partial charge in [-0.15, -0.1) is 0 Å². The number of halogens is 2. The standard InChI is InChI=1S/C12H8Cl2NO2S/c13-10-7-4-8-11(12(10)14)15-18(16,17)9-5-2-1-3-6-9/h1-5,7-8,15H. The summed E-state index contributed by atoms with van der Waals surface area (Å²) >= 11 is 11.7. The predicted octanol–water partition coefficient (Wildman–Crippen LogP) is 3.59. The Morgan fingerprint density at radius 1 is 1.06 bits per heavy atom. The highest BCUT2D eigenvalue weighted by Crippen LogP contribution is 2.30. The van der Waals surface area contributed by atoms with Gasteiger partial charge >= 0.3 is 0 Å². The highest BCUT2D eigenvalue weighted by atomic mass is 35.5. The number of hydrogen-bond donors (Lipinski definition) is 1. The molecule has 1 radical (unpaired) electrons. The first kappa shape index (κ1) is 13.2. The van der Waals surface area contributed by atoms with Crippen LogP contribution in [0.2, 0.25) is 10.0 Å². The molecule has 0 spiro atoms. The van der Waals surface area contributed by atoms with E-state index in [1.807, 2.05) is 0 Å².